The van der Waals surface area contributed by atoms with Gasteiger partial charge in [-0.25, -0.2) is 14.4 Å². The normalized spacial score (nSPS) is 11.0. The third-order valence-corrected chi connectivity index (χ3v) is 3.76. The monoisotopic (exact) mass is 335 g/mol. The summed E-state index contributed by atoms with van der Waals surface area (Å²) in [7, 11) is 0. The van der Waals surface area contributed by atoms with Crippen LogP contribution in [-0.4, -0.2) is 20.1 Å². The van der Waals surface area contributed by atoms with Crippen LogP contribution < -0.4 is 5.32 Å². The number of nitrogens with zero attached hydrogens (tertiary/aromatic N) is 4. The number of rotatable bonds is 3. The van der Waals surface area contributed by atoms with Crippen LogP contribution in [0.5, 0.6) is 0 Å². The number of halogens is 1. The lowest BCUT2D eigenvalue weighted by Crippen LogP contribution is -2.00. The van der Waals surface area contributed by atoms with E-state index in [4.69, 9.17) is 4.52 Å². The molecule has 7 heteroatoms. The van der Waals surface area contributed by atoms with E-state index >= 15 is 0 Å². The zero-order chi connectivity index (χ0) is 17.4. The van der Waals surface area contributed by atoms with Crippen LogP contribution >= 0.6 is 0 Å². The number of hydrogen-bond acceptors (Lipinski definition) is 6. The molecule has 0 fully saturated rings. The van der Waals surface area contributed by atoms with Crippen LogP contribution in [0.2, 0.25) is 0 Å². The lowest BCUT2D eigenvalue weighted by molar-refractivity contribution is 0.425. The van der Waals surface area contributed by atoms with Gasteiger partial charge < -0.3 is 9.84 Å². The van der Waals surface area contributed by atoms with Crippen molar-refractivity contribution in [2.24, 2.45) is 0 Å². The van der Waals surface area contributed by atoms with Crippen molar-refractivity contribution in [3.63, 3.8) is 0 Å². The van der Waals surface area contributed by atoms with Crippen LogP contribution in [0.15, 0.2) is 47.1 Å². The number of anilines is 2. The van der Waals surface area contributed by atoms with Gasteiger partial charge >= 0.3 is 0 Å². The summed E-state index contributed by atoms with van der Waals surface area (Å²) in [5.74, 6) is 0.459. The molecule has 3 heterocycles. The third kappa shape index (κ3) is 2.80. The van der Waals surface area contributed by atoms with Crippen molar-refractivity contribution >= 4 is 22.4 Å². The second-order valence-electron chi connectivity index (χ2n) is 5.62. The Kier molecular flexibility index (Phi) is 3.61. The number of para-hydroxylation sites is 1. The van der Waals surface area contributed by atoms with E-state index in [1.54, 1.807) is 31.3 Å². The zero-order valence-electron chi connectivity index (χ0n) is 13.6. The van der Waals surface area contributed by atoms with Gasteiger partial charge in [-0.3, -0.25) is 0 Å². The molecule has 1 aromatic carbocycles. The molecule has 0 atom stereocenters. The minimum Gasteiger partial charge on any atom is -0.352 e. The van der Waals surface area contributed by atoms with Gasteiger partial charge in [0, 0.05) is 17.3 Å². The molecule has 6 nitrogen and oxygen atoms in total. The minimum absolute atomic E-state index is 0.311. The molecule has 1 N–H and O–H groups in total. The summed E-state index contributed by atoms with van der Waals surface area (Å²) >= 11 is 0. The van der Waals surface area contributed by atoms with Crippen LogP contribution in [0.3, 0.4) is 0 Å². The van der Waals surface area contributed by atoms with Crippen molar-refractivity contribution in [1.82, 2.24) is 20.1 Å². The largest absolute Gasteiger partial charge is 0.352 e. The predicted molar refractivity (Wildman–Crippen MR) is 92.0 cm³/mol. The Morgan fingerprint density at radius 1 is 1.04 bits per heavy atom. The van der Waals surface area contributed by atoms with Crippen molar-refractivity contribution in [2.45, 2.75) is 13.8 Å². The van der Waals surface area contributed by atoms with Gasteiger partial charge in [-0.05, 0) is 38.1 Å². The van der Waals surface area contributed by atoms with Gasteiger partial charge in [-0.1, -0.05) is 17.3 Å². The van der Waals surface area contributed by atoms with Crippen LogP contribution in [-0.2, 0) is 0 Å². The van der Waals surface area contributed by atoms with E-state index in [-0.39, 0.29) is 5.82 Å². The van der Waals surface area contributed by atoms with E-state index in [1.807, 2.05) is 19.1 Å². The van der Waals surface area contributed by atoms with Crippen molar-refractivity contribution in [2.75, 3.05) is 5.32 Å². The molecular weight excluding hydrogens is 321 g/mol. The molecule has 25 heavy (non-hydrogen) atoms. The van der Waals surface area contributed by atoms with Crippen molar-refractivity contribution in [1.29, 1.82) is 0 Å². The second kappa shape index (κ2) is 5.94. The molecule has 0 saturated heterocycles. The van der Waals surface area contributed by atoms with Crippen molar-refractivity contribution in [3.8, 4) is 11.5 Å². The maximum atomic E-state index is 14.1. The Morgan fingerprint density at radius 3 is 2.64 bits per heavy atom. The van der Waals surface area contributed by atoms with Gasteiger partial charge in [0.05, 0.1) is 16.9 Å². The fourth-order valence-electron chi connectivity index (χ4n) is 2.57. The first-order valence-corrected chi connectivity index (χ1v) is 7.70. The van der Waals surface area contributed by atoms with E-state index in [9.17, 15) is 4.39 Å². The quantitative estimate of drug-likeness (QED) is 0.605. The maximum absolute atomic E-state index is 14.1. The smallest absolute Gasteiger partial charge is 0.261 e. The molecule has 0 amide bonds. The average molecular weight is 335 g/mol. The highest BCUT2D eigenvalue weighted by atomic mass is 19.1. The summed E-state index contributed by atoms with van der Waals surface area (Å²) in [5, 5.41) is 7.69. The molecule has 124 valence electrons. The average Bonchev–Trinajstić information content (AvgIpc) is 3.03. The molecule has 0 unspecified atom stereocenters. The first-order chi connectivity index (χ1) is 12.1. The number of benzene rings is 1. The summed E-state index contributed by atoms with van der Waals surface area (Å²) < 4.78 is 19.4. The van der Waals surface area contributed by atoms with Gasteiger partial charge in [-0.2, -0.15) is 4.98 Å². The Balaban J connectivity index is 1.95. The lowest BCUT2D eigenvalue weighted by Gasteiger charge is -2.13. The summed E-state index contributed by atoms with van der Waals surface area (Å²) in [6.07, 6.45) is 1.60. The van der Waals surface area contributed by atoms with Crippen molar-refractivity contribution < 1.29 is 8.91 Å². The SMILES string of the molecule is Cc1ccc2c(Nc3ccccc3F)c(-c3nc(C)no3)cnc2n1. The van der Waals surface area contributed by atoms with E-state index in [1.165, 1.54) is 6.07 Å². The molecule has 3 aromatic heterocycles. The zero-order valence-corrected chi connectivity index (χ0v) is 13.6. The second-order valence-corrected chi connectivity index (χ2v) is 5.62. The van der Waals surface area contributed by atoms with Gasteiger partial charge in [0.25, 0.3) is 5.89 Å². The van der Waals surface area contributed by atoms with Crippen LogP contribution in [0.25, 0.3) is 22.5 Å². The fourth-order valence-corrected chi connectivity index (χ4v) is 2.57. The molecule has 4 rings (SSSR count). The molecular formula is C18H14FN5O. The number of nitrogens with one attached hydrogen (secondary N) is 1. The standard InChI is InChI=1S/C18H14FN5O/c1-10-7-8-12-16(23-15-6-4-3-5-14(15)19)13(9-20-17(12)21-10)18-22-11(2)24-25-18/h3-9H,1-2H3,(H,20,21,23). The van der Waals surface area contributed by atoms with Crippen molar-refractivity contribution in [3.05, 3.63) is 59.9 Å². The number of pyridine rings is 2. The van der Waals surface area contributed by atoms with Gasteiger partial charge in [0.15, 0.2) is 11.5 Å². The molecule has 0 aliphatic carbocycles. The summed E-state index contributed by atoms with van der Waals surface area (Å²) in [4.78, 5) is 13.1. The molecule has 0 saturated carbocycles. The van der Waals surface area contributed by atoms with E-state index in [0.717, 1.165) is 11.1 Å². The summed E-state index contributed by atoms with van der Waals surface area (Å²) in [6.45, 7) is 3.62. The molecule has 0 bridgehead atoms. The molecule has 0 spiro atoms. The highest BCUT2D eigenvalue weighted by molar-refractivity contribution is 5.98. The van der Waals surface area contributed by atoms with Crippen LogP contribution in [0.1, 0.15) is 11.5 Å². The Bertz CT molecular complexity index is 1080. The Labute approximate surface area is 142 Å². The van der Waals surface area contributed by atoms with Gasteiger partial charge in [-0.15, -0.1) is 0 Å². The predicted octanol–water partition coefficient (Wildman–Crippen LogP) is 4.18. The molecule has 0 aliphatic heterocycles. The topological polar surface area (TPSA) is 76.7 Å². The maximum Gasteiger partial charge on any atom is 0.261 e. The lowest BCUT2D eigenvalue weighted by atomic mass is 10.1. The highest BCUT2D eigenvalue weighted by Crippen LogP contribution is 2.35. The first-order valence-electron chi connectivity index (χ1n) is 7.70. The number of fused-ring (bicyclic) bond motifs is 1. The first kappa shape index (κ1) is 15.2. The number of hydrogen-bond donors (Lipinski definition) is 1. The fraction of sp³-hybridized carbons (Fsp3) is 0.111. The van der Waals surface area contributed by atoms with Crippen LogP contribution in [0, 0.1) is 19.7 Å². The molecule has 4 aromatic rings. The van der Waals surface area contributed by atoms with E-state index in [2.05, 4.69) is 25.4 Å². The summed E-state index contributed by atoms with van der Waals surface area (Å²) in [5.41, 5.74) is 2.94. The van der Waals surface area contributed by atoms with Crippen LogP contribution in [0.4, 0.5) is 15.8 Å². The number of aromatic nitrogens is 4. The Hall–Kier alpha value is -3.35. The van der Waals surface area contributed by atoms with E-state index in [0.29, 0.717) is 34.3 Å². The number of aryl methyl sites for hydroxylation is 2. The molecule has 0 radical (unpaired) electrons. The highest BCUT2D eigenvalue weighted by Gasteiger charge is 2.17. The Morgan fingerprint density at radius 2 is 1.88 bits per heavy atom. The summed E-state index contributed by atoms with van der Waals surface area (Å²) in [6, 6.07) is 10.2. The van der Waals surface area contributed by atoms with Gasteiger partial charge in [0.2, 0.25) is 0 Å². The van der Waals surface area contributed by atoms with Gasteiger partial charge in [0.1, 0.15) is 5.82 Å². The van der Waals surface area contributed by atoms with E-state index < -0.39 is 0 Å². The molecule has 0 aliphatic rings. The third-order valence-electron chi connectivity index (χ3n) is 3.76. The minimum atomic E-state index is -0.361.